The van der Waals surface area contributed by atoms with Crippen LogP contribution in [0.25, 0.3) is 0 Å². The average molecular weight is 744 g/mol. The van der Waals surface area contributed by atoms with E-state index in [2.05, 4.69) is 13.5 Å². The molecule has 0 aromatic carbocycles. The highest BCUT2D eigenvalue weighted by molar-refractivity contribution is 5.73. The molecule has 4 rings (SSSR count). The fourth-order valence-corrected chi connectivity index (χ4v) is 9.47. The number of hydrogen-bond acceptors (Lipinski definition) is 13. The van der Waals surface area contributed by atoms with E-state index in [1.807, 2.05) is 39.6 Å². The van der Waals surface area contributed by atoms with Crippen molar-refractivity contribution in [2.24, 2.45) is 23.7 Å². The van der Waals surface area contributed by atoms with Crippen LogP contribution < -0.4 is 0 Å². The summed E-state index contributed by atoms with van der Waals surface area (Å²) in [6.07, 6.45) is -5.82. The molecule has 13 nitrogen and oxygen atoms in total. The number of carbonyl (C=O) groups excluding carboxylic acids is 1. The zero-order valence-electron chi connectivity index (χ0n) is 33.6. The summed E-state index contributed by atoms with van der Waals surface area (Å²) < 4.78 is 45.3. The van der Waals surface area contributed by atoms with Crippen molar-refractivity contribution >= 4 is 5.97 Å². The number of aliphatic hydroxyl groups is 4. The molecule has 19 atom stereocenters. The van der Waals surface area contributed by atoms with Crippen molar-refractivity contribution in [1.29, 1.82) is 0 Å². The van der Waals surface area contributed by atoms with Crippen molar-refractivity contribution in [3.8, 4) is 0 Å². The Labute approximate surface area is 311 Å². The van der Waals surface area contributed by atoms with E-state index >= 15 is 0 Å². The van der Waals surface area contributed by atoms with Crippen molar-refractivity contribution < 1.29 is 58.4 Å². The molecule has 13 heteroatoms. The van der Waals surface area contributed by atoms with E-state index in [0.717, 1.165) is 0 Å². The first kappa shape index (κ1) is 43.5. The van der Waals surface area contributed by atoms with Crippen LogP contribution in [0.2, 0.25) is 0 Å². The lowest BCUT2D eigenvalue weighted by molar-refractivity contribution is -0.318. The topological polar surface area (TPSA) is 166 Å². The standard InChI is InChI=1S/C39H69NO12/c1-14-16-40(12)26-17-21(4)47-36(29(26)42)51-33-23(6)31(49-28-19-37(9,46-13)32(43)25(8)48-28)24(7)35(44)50-34(39(11,45)27(41)15-2)22(5)30-20(3)18-38(33,10)52-30/h14,20-34,36,41-43,45H,1,15-19H2,2-13H3/t20?,21?,22-,23-,24+,25?,26?,27+,28-,29?,30?,31-,32-,33+,34+,36-,37?,38-,39+/m0/s1. The maximum atomic E-state index is 14.3. The Bertz CT molecular complexity index is 1210. The molecule has 52 heavy (non-hydrogen) atoms. The van der Waals surface area contributed by atoms with Gasteiger partial charge in [0.05, 0.1) is 53.7 Å². The number of fused-ring (bicyclic) bond motifs is 2. The highest BCUT2D eigenvalue weighted by Crippen LogP contribution is 2.48. The number of cyclic esters (lactones) is 1. The van der Waals surface area contributed by atoms with Gasteiger partial charge in [0, 0.05) is 38.0 Å². The lowest BCUT2D eigenvalue weighted by Gasteiger charge is -2.48. The van der Waals surface area contributed by atoms with E-state index in [0.29, 0.717) is 19.4 Å². The van der Waals surface area contributed by atoms with Gasteiger partial charge < -0.3 is 53.6 Å². The molecule has 4 aliphatic heterocycles. The maximum Gasteiger partial charge on any atom is 0.311 e. The highest BCUT2D eigenvalue weighted by Gasteiger charge is 2.59. The van der Waals surface area contributed by atoms with E-state index < -0.39 is 102 Å². The molecule has 4 heterocycles. The van der Waals surface area contributed by atoms with E-state index in [1.54, 1.807) is 33.8 Å². The fourth-order valence-electron chi connectivity index (χ4n) is 9.47. The molecule has 4 saturated heterocycles. The Balaban J connectivity index is 1.82. The normalized spacial score (nSPS) is 48.0. The lowest BCUT2D eigenvalue weighted by Crippen LogP contribution is -2.60. The van der Waals surface area contributed by atoms with Crippen LogP contribution in [0.4, 0.5) is 0 Å². The number of methoxy groups -OCH3 is 1. The van der Waals surface area contributed by atoms with Crippen LogP contribution in [0.3, 0.4) is 0 Å². The van der Waals surface area contributed by atoms with Gasteiger partial charge in [-0.15, -0.1) is 6.58 Å². The third-order valence-corrected chi connectivity index (χ3v) is 12.7. The molecule has 0 radical (unpaired) electrons. The van der Waals surface area contributed by atoms with Gasteiger partial charge in [0.2, 0.25) is 0 Å². The summed E-state index contributed by atoms with van der Waals surface area (Å²) in [7, 11) is 3.46. The second-order valence-electron chi connectivity index (χ2n) is 17.0. The SMILES string of the molecule is C=CCN(C)C1CC(C)O[C@@H](O[C@@H]2[C@@H](C)[C@H](O[C@H]3CC(C)(OC)[C@@H](O)C(C)O3)[C@@H](C)C(=O)O[C@@H]([C@](C)(O)[C@H](O)CC)[C@@H](C)C3O[C@@]2(C)CC3C)C1O. The van der Waals surface area contributed by atoms with E-state index in [4.69, 9.17) is 33.2 Å². The van der Waals surface area contributed by atoms with Crippen molar-refractivity contribution in [3.05, 3.63) is 12.7 Å². The molecule has 4 aliphatic rings. The maximum absolute atomic E-state index is 14.3. The van der Waals surface area contributed by atoms with Crippen molar-refractivity contribution in [1.82, 2.24) is 4.90 Å². The molecule has 7 unspecified atom stereocenters. The van der Waals surface area contributed by atoms with Gasteiger partial charge in [0.1, 0.15) is 23.9 Å². The first-order valence-corrected chi connectivity index (χ1v) is 19.3. The van der Waals surface area contributed by atoms with Gasteiger partial charge in [0.25, 0.3) is 0 Å². The van der Waals surface area contributed by atoms with Gasteiger partial charge in [-0.2, -0.15) is 0 Å². The summed E-state index contributed by atoms with van der Waals surface area (Å²) in [5, 5.41) is 45.5. The van der Waals surface area contributed by atoms with Crippen LogP contribution in [0.5, 0.6) is 0 Å². The van der Waals surface area contributed by atoms with Gasteiger partial charge in [-0.1, -0.05) is 33.8 Å². The van der Waals surface area contributed by atoms with E-state index in [1.165, 1.54) is 14.0 Å². The Morgan fingerprint density at radius 3 is 2.33 bits per heavy atom. The van der Waals surface area contributed by atoms with Gasteiger partial charge in [0.15, 0.2) is 12.6 Å². The summed E-state index contributed by atoms with van der Waals surface area (Å²) in [6.45, 7) is 22.7. The summed E-state index contributed by atoms with van der Waals surface area (Å²) in [5.41, 5.74) is -3.75. The molecule has 4 fully saturated rings. The molecule has 2 bridgehead atoms. The smallest absolute Gasteiger partial charge is 0.311 e. The van der Waals surface area contributed by atoms with Gasteiger partial charge in [-0.05, 0) is 73.8 Å². The van der Waals surface area contributed by atoms with Crippen LogP contribution >= 0.6 is 0 Å². The van der Waals surface area contributed by atoms with Crippen LogP contribution in [-0.2, 0) is 38.0 Å². The second kappa shape index (κ2) is 16.9. The summed E-state index contributed by atoms with van der Waals surface area (Å²) in [5.74, 6) is -2.73. The Kier molecular flexibility index (Phi) is 14.1. The molecule has 0 saturated carbocycles. The minimum atomic E-state index is -1.79. The number of hydrogen-bond donors (Lipinski definition) is 4. The quantitative estimate of drug-likeness (QED) is 0.180. The largest absolute Gasteiger partial charge is 0.459 e. The zero-order chi connectivity index (χ0) is 39.1. The molecule has 0 aromatic heterocycles. The average Bonchev–Trinajstić information content (AvgIpc) is 3.40. The first-order valence-electron chi connectivity index (χ1n) is 19.3. The molecule has 0 aromatic rings. The number of carbonyl (C=O) groups is 1. The van der Waals surface area contributed by atoms with Crippen molar-refractivity contribution in [3.63, 3.8) is 0 Å². The number of esters is 1. The van der Waals surface area contributed by atoms with E-state index in [-0.39, 0.29) is 30.9 Å². The van der Waals surface area contributed by atoms with Gasteiger partial charge >= 0.3 is 5.97 Å². The van der Waals surface area contributed by atoms with Gasteiger partial charge in [-0.3, -0.25) is 9.69 Å². The predicted molar refractivity (Wildman–Crippen MR) is 193 cm³/mol. The van der Waals surface area contributed by atoms with Gasteiger partial charge in [-0.25, -0.2) is 0 Å². The molecule has 0 amide bonds. The van der Waals surface area contributed by atoms with Crippen LogP contribution in [0, 0.1) is 23.7 Å². The molecular weight excluding hydrogens is 674 g/mol. The van der Waals surface area contributed by atoms with Crippen molar-refractivity contribution in [2.75, 3.05) is 20.7 Å². The monoisotopic (exact) mass is 743 g/mol. The zero-order valence-corrected chi connectivity index (χ0v) is 33.6. The number of rotatable bonds is 11. The van der Waals surface area contributed by atoms with Crippen molar-refractivity contribution in [2.45, 2.75) is 185 Å². The Morgan fingerprint density at radius 1 is 1.08 bits per heavy atom. The molecule has 302 valence electrons. The van der Waals surface area contributed by atoms with E-state index in [9.17, 15) is 25.2 Å². The molecule has 0 spiro atoms. The third-order valence-electron chi connectivity index (χ3n) is 12.7. The summed E-state index contributed by atoms with van der Waals surface area (Å²) in [6, 6.07) is -0.266. The Morgan fingerprint density at radius 2 is 1.73 bits per heavy atom. The number of likely N-dealkylation sites (N-methyl/N-ethyl adjacent to an activating group) is 1. The number of nitrogens with zero attached hydrogens (tertiary/aromatic N) is 1. The summed E-state index contributed by atoms with van der Waals surface area (Å²) >= 11 is 0. The number of ether oxygens (including phenoxy) is 7. The van der Waals surface area contributed by atoms with Crippen LogP contribution in [0.15, 0.2) is 12.7 Å². The lowest BCUT2D eigenvalue weighted by atomic mass is 9.76. The molecule has 4 N–H and O–H groups in total. The minimum absolute atomic E-state index is 0.0701. The minimum Gasteiger partial charge on any atom is -0.459 e. The van der Waals surface area contributed by atoms with Crippen LogP contribution in [0.1, 0.15) is 94.9 Å². The fraction of sp³-hybridized carbons (Fsp3) is 0.923. The highest BCUT2D eigenvalue weighted by atomic mass is 16.7. The number of aliphatic hydroxyl groups excluding tert-OH is 3. The second-order valence-corrected chi connectivity index (χ2v) is 17.0. The molecule has 0 aliphatic carbocycles. The summed E-state index contributed by atoms with van der Waals surface area (Å²) in [4.78, 5) is 16.4. The first-order chi connectivity index (χ1) is 24.1. The third kappa shape index (κ3) is 8.60. The predicted octanol–water partition coefficient (Wildman–Crippen LogP) is 3.18. The Hall–Kier alpha value is -1.23. The van der Waals surface area contributed by atoms with Crippen LogP contribution in [-0.4, -0.2) is 142 Å². The molecular formula is C39H69NO12.